The van der Waals surface area contributed by atoms with Crippen LogP contribution in [-0.4, -0.2) is 16.7 Å². The normalized spacial score (nSPS) is 21.1. The van der Waals surface area contributed by atoms with Crippen LogP contribution in [0.4, 0.5) is 0 Å². The lowest BCUT2D eigenvalue weighted by molar-refractivity contribution is -0.164. The van der Waals surface area contributed by atoms with Crippen LogP contribution in [0.1, 0.15) is 38.6 Å². The van der Waals surface area contributed by atoms with E-state index < -0.39 is 11.6 Å². The van der Waals surface area contributed by atoms with Crippen molar-refractivity contribution < 1.29 is 14.3 Å². The maximum Gasteiger partial charge on any atom is 0.304 e. The Morgan fingerprint density at radius 1 is 1.27 bits per heavy atom. The zero-order chi connectivity index (χ0) is 15.9. The Hall–Kier alpha value is -2.01. The van der Waals surface area contributed by atoms with Crippen LogP contribution in [0.2, 0.25) is 0 Å². The number of para-hydroxylation sites is 1. The molecule has 0 bridgehead atoms. The molecule has 0 aliphatic heterocycles. The lowest BCUT2D eigenvalue weighted by Gasteiger charge is -2.41. The molecule has 114 valence electrons. The van der Waals surface area contributed by atoms with Crippen molar-refractivity contribution in [1.82, 2.24) is 4.98 Å². The standard InChI is InChI=1S/C17H17NO3S/c1-4-11-12(5-2)17(15(11)20,21-10(3)19)16-18-13-8-6-7-9-14(13)22-16/h6-9H,4-5H2,1-3H3. The largest absolute Gasteiger partial charge is 0.439 e. The van der Waals surface area contributed by atoms with Gasteiger partial charge in [0, 0.05) is 12.5 Å². The van der Waals surface area contributed by atoms with Crippen LogP contribution >= 0.6 is 11.3 Å². The Labute approximate surface area is 132 Å². The van der Waals surface area contributed by atoms with Crippen molar-refractivity contribution in [2.24, 2.45) is 0 Å². The third kappa shape index (κ3) is 1.92. The number of ether oxygens (including phenoxy) is 1. The summed E-state index contributed by atoms with van der Waals surface area (Å²) in [5.74, 6) is -0.588. The average molecular weight is 315 g/mol. The van der Waals surface area contributed by atoms with Gasteiger partial charge in [0.2, 0.25) is 11.4 Å². The number of ketones is 1. The van der Waals surface area contributed by atoms with E-state index in [1.54, 1.807) is 0 Å². The first kappa shape index (κ1) is 14.9. The Kier molecular flexibility index (Phi) is 3.60. The molecule has 22 heavy (non-hydrogen) atoms. The number of benzene rings is 1. The Balaban J connectivity index is 2.22. The van der Waals surface area contributed by atoms with E-state index in [0.29, 0.717) is 17.8 Å². The van der Waals surface area contributed by atoms with Gasteiger partial charge in [-0.2, -0.15) is 0 Å². The molecule has 1 heterocycles. The topological polar surface area (TPSA) is 56.3 Å². The van der Waals surface area contributed by atoms with Gasteiger partial charge in [0.1, 0.15) is 0 Å². The predicted octanol–water partition coefficient (Wildman–Crippen LogP) is 3.75. The van der Waals surface area contributed by atoms with Crippen LogP contribution in [0.15, 0.2) is 35.4 Å². The second-order valence-electron chi connectivity index (χ2n) is 5.25. The minimum Gasteiger partial charge on any atom is -0.439 e. The zero-order valence-electron chi connectivity index (χ0n) is 12.8. The summed E-state index contributed by atoms with van der Waals surface area (Å²) in [5, 5.41) is 0.558. The van der Waals surface area contributed by atoms with Gasteiger partial charge in [0.15, 0.2) is 5.01 Å². The molecule has 1 aliphatic carbocycles. The second-order valence-corrected chi connectivity index (χ2v) is 6.29. The summed E-state index contributed by atoms with van der Waals surface area (Å²) >= 11 is 1.41. The highest BCUT2D eigenvalue weighted by molar-refractivity contribution is 7.18. The molecule has 1 atom stereocenters. The van der Waals surface area contributed by atoms with Gasteiger partial charge in [-0.05, 0) is 30.5 Å². The first-order valence-corrected chi connectivity index (χ1v) is 8.19. The first-order valence-electron chi connectivity index (χ1n) is 7.37. The lowest BCUT2D eigenvalue weighted by atomic mass is 9.69. The van der Waals surface area contributed by atoms with Crippen molar-refractivity contribution in [3.8, 4) is 0 Å². The number of esters is 1. The van der Waals surface area contributed by atoms with E-state index in [1.165, 1.54) is 18.3 Å². The van der Waals surface area contributed by atoms with E-state index in [9.17, 15) is 9.59 Å². The van der Waals surface area contributed by atoms with Crippen molar-refractivity contribution in [2.45, 2.75) is 39.2 Å². The number of Topliss-reactive ketones (excluding diaryl/α,β-unsaturated/α-hetero) is 1. The summed E-state index contributed by atoms with van der Waals surface area (Å²) in [5.41, 5.74) is 1.18. The van der Waals surface area contributed by atoms with E-state index in [1.807, 2.05) is 38.1 Å². The summed E-state index contributed by atoms with van der Waals surface area (Å²) in [6.07, 6.45) is 1.31. The number of aromatic nitrogens is 1. The Morgan fingerprint density at radius 3 is 2.59 bits per heavy atom. The van der Waals surface area contributed by atoms with Gasteiger partial charge in [0.05, 0.1) is 10.2 Å². The molecule has 2 aromatic rings. The van der Waals surface area contributed by atoms with Gasteiger partial charge in [0.25, 0.3) is 0 Å². The van der Waals surface area contributed by atoms with Gasteiger partial charge in [-0.15, -0.1) is 11.3 Å². The molecule has 3 rings (SSSR count). The van der Waals surface area contributed by atoms with Crippen molar-refractivity contribution in [3.05, 3.63) is 40.4 Å². The first-order chi connectivity index (χ1) is 10.5. The molecule has 1 aromatic heterocycles. The predicted molar refractivity (Wildman–Crippen MR) is 85.7 cm³/mol. The number of carbonyl (C=O) groups excluding carboxylic acids is 2. The van der Waals surface area contributed by atoms with Crippen LogP contribution in [0.3, 0.4) is 0 Å². The van der Waals surface area contributed by atoms with E-state index in [0.717, 1.165) is 21.4 Å². The summed E-state index contributed by atoms with van der Waals surface area (Å²) < 4.78 is 6.52. The van der Waals surface area contributed by atoms with Gasteiger partial charge >= 0.3 is 5.97 Å². The fraction of sp³-hybridized carbons (Fsp3) is 0.353. The third-order valence-electron chi connectivity index (χ3n) is 3.98. The molecule has 0 saturated heterocycles. The molecule has 0 saturated carbocycles. The number of thiazole rings is 1. The van der Waals surface area contributed by atoms with E-state index in [-0.39, 0.29) is 5.78 Å². The van der Waals surface area contributed by atoms with Crippen molar-refractivity contribution in [2.75, 3.05) is 0 Å². The number of nitrogens with zero attached hydrogens (tertiary/aromatic N) is 1. The molecule has 0 radical (unpaired) electrons. The van der Waals surface area contributed by atoms with Gasteiger partial charge < -0.3 is 4.74 Å². The third-order valence-corrected chi connectivity index (χ3v) is 5.12. The van der Waals surface area contributed by atoms with E-state index in [4.69, 9.17) is 4.74 Å². The van der Waals surface area contributed by atoms with Crippen LogP contribution in [0.5, 0.6) is 0 Å². The zero-order valence-corrected chi connectivity index (χ0v) is 13.6. The fourth-order valence-electron chi connectivity index (χ4n) is 3.09. The number of hydrogen-bond acceptors (Lipinski definition) is 5. The highest BCUT2D eigenvalue weighted by atomic mass is 32.1. The monoisotopic (exact) mass is 315 g/mol. The lowest BCUT2D eigenvalue weighted by Crippen LogP contribution is -2.51. The smallest absolute Gasteiger partial charge is 0.304 e. The molecule has 0 spiro atoms. The fourth-order valence-corrected chi connectivity index (χ4v) is 4.21. The van der Waals surface area contributed by atoms with Gasteiger partial charge in [-0.3, -0.25) is 9.59 Å². The van der Waals surface area contributed by atoms with Crippen LogP contribution in [-0.2, 0) is 19.9 Å². The average Bonchev–Trinajstić information content (AvgIpc) is 2.93. The molecule has 1 aliphatic rings. The van der Waals surface area contributed by atoms with Crippen LogP contribution in [0, 0.1) is 0 Å². The van der Waals surface area contributed by atoms with Crippen molar-refractivity contribution in [1.29, 1.82) is 0 Å². The molecule has 0 N–H and O–H groups in total. The summed E-state index contributed by atoms with van der Waals surface area (Å²) in [6, 6.07) is 7.69. The summed E-state index contributed by atoms with van der Waals surface area (Å²) in [4.78, 5) is 28.9. The summed E-state index contributed by atoms with van der Waals surface area (Å²) in [6.45, 7) is 5.25. The van der Waals surface area contributed by atoms with Crippen molar-refractivity contribution >= 4 is 33.3 Å². The van der Waals surface area contributed by atoms with Crippen LogP contribution < -0.4 is 0 Å². The highest BCUT2D eigenvalue weighted by Crippen LogP contribution is 2.50. The Bertz CT molecular complexity index is 772. The minimum absolute atomic E-state index is 0.124. The SMILES string of the molecule is CCC1=C(CC)C(OC(C)=O)(c2nc3ccccc3s2)C1=O. The maximum atomic E-state index is 12.7. The number of rotatable bonds is 4. The molecule has 4 nitrogen and oxygen atoms in total. The molecule has 5 heteroatoms. The number of carbonyl (C=O) groups is 2. The second kappa shape index (κ2) is 5.32. The highest BCUT2D eigenvalue weighted by Gasteiger charge is 2.58. The maximum absolute atomic E-state index is 12.7. The van der Waals surface area contributed by atoms with Crippen LogP contribution in [0.25, 0.3) is 10.2 Å². The van der Waals surface area contributed by atoms with E-state index >= 15 is 0 Å². The quantitative estimate of drug-likeness (QED) is 0.806. The van der Waals surface area contributed by atoms with E-state index in [2.05, 4.69) is 4.98 Å². The number of fused-ring (bicyclic) bond motifs is 1. The summed E-state index contributed by atoms with van der Waals surface area (Å²) in [7, 11) is 0. The molecule has 0 fully saturated rings. The number of hydrogen-bond donors (Lipinski definition) is 0. The minimum atomic E-state index is -1.30. The van der Waals surface area contributed by atoms with Crippen molar-refractivity contribution in [3.63, 3.8) is 0 Å². The Morgan fingerprint density at radius 2 is 2.00 bits per heavy atom. The molecular weight excluding hydrogens is 298 g/mol. The molecular formula is C17H17NO3S. The van der Waals surface area contributed by atoms with Gasteiger partial charge in [-0.1, -0.05) is 26.0 Å². The van der Waals surface area contributed by atoms with Gasteiger partial charge in [-0.25, -0.2) is 4.98 Å². The molecule has 1 aromatic carbocycles. The molecule has 1 unspecified atom stereocenters. The molecule has 0 amide bonds.